The molecular weight excluding hydrogens is 360 g/mol. The first-order valence-corrected chi connectivity index (χ1v) is 8.98. The van der Waals surface area contributed by atoms with E-state index in [1.807, 2.05) is 6.07 Å². The molecule has 1 aliphatic rings. The number of imide groups is 1. The van der Waals surface area contributed by atoms with Crippen LogP contribution in [-0.2, 0) is 14.3 Å². The van der Waals surface area contributed by atoms with E-state index in [-0.39, 0.29) is 31.2 Å². The van der Waals surface area contributed by atoms with Crippen LogP contribution in [0.2, 0.25) is 0 Å². The van der Waals surface area contributed by atoms with Gasteiger partial charge in [0.1, 0.15) is 0 Å². The van der Waals surface area contributed by atoms with Crippen LogP contribution in [-0.4, -0.2) is 41.2 Å². The van der Waals surface area contributed by atoms with Crippen LogP contribution in [0.15, 0.2) is 54.6 Å². The number of rotatable bonds is 7. The summed E-state index contributed by atoms with van der Waals surface area (Å²) in [6.07, 6.45) is -0.694. The third-order valence-electron chi connectivity index (χ3n) is 4.36. The Morgan fingerprint density at radius 3 is 2.14 bits per heavy atom. The Kier molecular flexibility index (Phi) is 5.84. The Morgan fingerprint density at radius 2 is 1.54 bits per heavy atom. The Morgan fingerprint density at radius 1 is 0.964 bits per heavy atom. The average molecular weight is 380 g/mol. The second kappa shape index (κ2) is 8.47. The van der Waals surface area contributed by atoms with Gasteiger partial charge < -0.3 is 10.1 Å². The summed E-state index contributed by atoms with van der Waals surface area (Å²) in [5.41, 5.74) is 1.36. The van der Waals surface area contributed by atoms with E-state index in [2.05, 4.69) is 5.32 Å². The topological polar surface area (TPSA) is 92.8 Å². The molecule has 0 spiro atoms. The predicted octanol–water partition coefficient (Wildman–Crippen LogP) is 2.63. The summed E-state index contributed by atoms with van der Waals surface area (Å²) >= 11 is 0. The molecule has 1 heterocycles. The number of hydrogen-bond donors (Lipinski definition) is 1. The number of nitrogens with one attached hydrogen (secondary N) is 1. The van der Waals surface area contributed by atoms with Gasteiger partial charge in [-0.1, -0.05) is 30.3 Å². The second-order valence-corrected chi connectivity index (χ2v) is 6.40. The first kappa shape index (κ1) is 19.3. The van der Waals surface area contributed by atoms with Gasteiger partial charge in [-0.05, 0) is 37.6 Å². The van der Waals surface area contributed by atoms with E-state index in [9.17, 15) is 19.2 Å². The van der Waals surface area contributed by atoms with Crippen molar-refractivity contribution in [3.05, 3.63) is 65.7 Å². The summed E-state index contributed by atoms with van der Waals surface area (Å²) in [4.78, 5) is 49.7. The number of para-hydroxylation sites is 1. The molecule has 7 nitrogen and oxygen atoms in total. The van der Waals surface area contributed by atoms with Gasteiger partial charge in [0.05, 0.1) is 11.1 Å². The number of esters is 1. The van der Waals surface area contributed by atoms with Crippen LogP contribution in [0, 0.1) is 0 Å². The highest BCUT2D eigenvalue weighted by Crippen LogP contribution is 2.22. The molecule has 0 bridgehead atoms. The molecule has 0 fully saturated rings. The number of anilines is 1. The van der Waals surface area contributed by atoms with Crippen molar-refractivity contribution in [1.29, 1.82) is 0 Å². The molecule has 3 rings (SSSR count). The minimum Gasteiger partial charge on any atom is -0.453 e. The van der Waals surface area contributed by atoms with Crippen molar-refractivity contribution in [2.45, 2.75) is 25.9 Å². The predicted molar refractivity (Wildman–Crippen MR) is 102 cm³/mol. The molecule has 0 saturated heterocycles. The van der Waals surface area contributed by atoms with Crippen molar-refractivity contribution in [3.63, 3.8) is 0 Å². The van der Waals surface area contributed by atoms with E-state index < -0.39 is 18.0 Å². The van der Waals surface area contributed by atoms with Crippen molar-refractivity contribution in [3.8, 4) is 0 Å². The molecule has 0 saturated carbocycles. The van der Waals surface area contributed by atoms with E-state index in [0.29, 0.717) is 16.8 Å². The summed E-state index contributed by atoms with van der Waals surface area (Å²) in [5.74, 6) is -1.71. The molecule has 0 aliphatic carbocycles. The molecule has 1 aliphatic heterocycles. The molecule has 0 aromatic heterocycles. The number of hydrogen-bond acceptors (Lipinski definition) is 5. The maximum atomic E-state index is 12.3. The van der Waals surface area contributed by atoms with Crippen LogP contribution < -0.4 is 5.32 Å². The van der Waals surface area contributed by atoms with Gasteiger partial charge in [0.2, 0.25) is 0 Å². The molecule has 144 valence electrons. The second-order valence-electron chi connectivity index (χ2n) is 6.40. The molecule has 1 N–H and O–H groups in total. The van der Waals surface area contributed by atoms with Crippen molar-refractivity contribution in [1.82, 2.24) is 4.90 Å². The van der Waals surface area contributed by atoms with Crippen molar-refractivity contribution < 1.29 is 23.9 Å². The maximum Gasteiger partial charge on any atom is 0.306 e. The zero-order valence-electron chi connectivity index (χ0n) is 15.4. The lowest BCUT2D eigenvalue weighted by atomic mass is 10.1. The summed E-state index contributed by atoms with van der Waals surface area (Å²) in [6.45, 7) is 1.60. The molecule has 0 unspecified atom stereocenters. The number of carbonyl (C=O) groups is 4. The van der Waals surface area contributed by atoms with Crippen LogP contribution in [0.25, 0.3) is 0 Å². The largest absolute Gasteiger partial charge is 0.453 e. The van der Waals surface area contributed by atoms with Crippen LogP contribution in [0.4, 0.5) is 5.69 Å². The first-order chi connectivity index (χ1) is 13.5. The quantitative estimate of drug-likeness (QED) is 0.589. The molecule has 28 heavy (non-hydrogen) atoms. The van der Waals surface area contributed by atoms with Gasteiger partial charge in [0.25, 0.3) is 17.7 Å². The van der Waals surface area contributed by atoms with E-state index in [4.69, 9.17) is 4.74 Å². The van der Waals surface area contributed by atoms with Gasteiger partial charge >= 0.3 is 5.97 Å². The molecule has 0 radical (unpaired) electrons. The normalized spacial score (nSPS) is 13.8. The third kappa shape index (κ3) is 4.25. The number of benzene rings is 2. The average Bonchev–Trinajstić information content (AvgIpc) is 2.94. The van der Waals surface area contributed by atoms with Crippen molar-refractivity contribution in [2.75, 3.05) is 11.9 Å². The summed E-state index contributed by atoms with van der Waals surface area (Å²) in [5, 5.41) is 2.66. The SMILES string of the molecule is C[C@H](OC(=O)CCCN1C(=O)c2ccccc2C1=O)C(=O)Nc1ccccc1. The fourth-order valence-corrected chi connectivity index (χ4v) is 2.90. The number of amides is 3. The van der Waals surface area contributed by atoms with Gasteiger partial charge in [-0.25, -0.2) is 0 Å². The minimum atomic E-state index is -0.952. The van der Waals surface area contributed by atoms with E-state index in [1.165, 1.54) is 6.92 Å². The smallest absolute Gasteiger partial charge is 0.306 e. The Labute approximate surface area is 162 Å². The van der Waals surface area contributed by atoms with Gasteiger partial charge in [-0.2, -0.15) is 0 Å². The summed E-state index contributed by atoms with van der Waals surface area (Å²) in [7, 11) is 0. The van der Waals surface area contributed by atoms with Gasteiger partial charge in [0, 0.05) is 18.7 Å². The minimum absolute atomic E-state index is 0.00361. The number of carbonyl (C=O) groups excluding carboxylic acids is 4. The summed E-state index contributed by atoms with van der Waals surface area (Å²) in [6, 6.07) is 15.5. The molecule has 2 aromatic rings. The van der Waals surface area contributed by atoms with E-state index >= 15 is 0 Å². The van der Waals surface area contributed by atoms with Crippen LogP contribution in [0.3, 0.4) is 0 Å². The lowest BCUT2D eigenvalue weighted by molar-refractivity contribution is -0.153. The zero-order chi connectivity index (χ0) is 20.1. The maximum absolute atomic E-state index is 12.3. The molecule has 2 aromatic carbocycles. The molecular formula is C21H20N2O5. The number of ether oxygens (including phenoxy) is 1. The first-order valence-electron chi connectivity index (χ1n) is 8.98. The standard InChI is InChI=1S/C21H20N2O5/c1-14(19(25)22-15-8-3-2-4-9-15)28-18(24)12-7-13-23-20(26)16-10-5-6-11-17(16)21(23)27/h2-6,8-11,14H,7,12-13H2,1H3,(H,22,25)/t14-/m0/s1. The molecule has 1 atom stereocenters. The van der Waals surface area contributed by atoms with Crippen LogP contribution in [0.5, 0.6) is 0 Å². The zero-order valence-corrected chi connectivity index (χ0v) is 15.4. The highest BCUT2D eigenvalue weighted by molar-refractivity contribution is 6.21. The Balaban J connectivity index is 1.44. The number of nitrogens with zero attached hydrogens (tertiary/aromatic N) is 1. The molecule has 7 heteroatoms. The van der Waals surface area contributed by atoms with Crippen molar-refractivity contribution >= 4 is 29.4 Å². The lowest BCUT2D eigenvalue weighted by Gasteiger charge is -2.15. The highest BCUT2D eigenvalue weighted by atomic mass is 16.5. The van der Waals surface area contributed by atoms with Crippen molar-refractivity contribution in [2.24, 2.45) is 0 Å². The van der Waals surface area contributed by atoms with Crippen LogP contribution in [0.1, 0.15) is 40.5 Å². The van der Waals surface area contributed by atoms with E-state index in [1.54, 1.807) is 48.5 Å². The third-order valence-corrected chi connectivity index (χ3v) is 4.36. The summed E-state index contributed by atoms with van der Waals surface area (Å²) < 4.78 is 5.13. The van der Waals surface area contributed by atoms with E-state index in [0.717, 1.165) is 4.90 Å². The molecule has 3 amide bonds. The highest BCUT2D eigenvalue weighted by Gasteiger charge is 2.34. The Hall–Kier alpha value is -3.48. The fourth-order valence-electron chi connectivity index (χ4n) is 2.90. The fraction of sp³-hybridized carbons (Fsp3) is 0.238. The van der Waals surface area contributed by atoms with Gasteiger partial charge in [-0.15, -0.1) is 0 Å². The van der Waals surface area contributed by atoms with Gasteiger partial charge in [0.15, 0.2) is 6.10 Å². The van der Waals surface area contributed by atoms with Gasteiger partial charge in [-0.3, -0.25) is 24.1 Å². The lowest BCUT2D eigenvalue weighted by Crippen LogP contribution is -2.32. The van der Waals surface area contributed by atoms with Crippen LogP contribution >= 0.6 is 0 Å². The monoisotopic (exact) mass is 380 g/mol. The number of fused-ring (bicyclic) bond motifs is 1. The Bertz CT molecular complexity index is 875.